The van der Waals surface area contributed by atoms with Crippen molar-refractivity contribution in [3.05, 3.63) is 48.4 Å². The zero-order chi connectivity index (χ0) is 16.6. The number of hydrogen-bond donors (Lipinski definition) is 1. The summed E-state index contributed by atoms with van der Waals surface area (Å²) in [4.78, 5) is 4.34. The van der Waals surface area contributed by atoms with Crippen molar-refractivity contribution in [2.45, 2.75) is 26.2 Å². The molecule has 2 aromatic carbocycles. The van der Waals surface area contributed by atoms with Gasteiger partial charge in [-0.3, -0.25) is 0 Å². The van der Waals surface area contributed by atoms with E-state index < -0.39 is 0 Å². The highest BCUT2D eigenvalue weighted by Crippen LogP contribution is 2.38. The van der Waals surface area contributed by atoms with E-state index in [0.29, 0.717) is 0 Å². The smallest absolute Gasteiger partial charge is 0.182 e. The summed E-state index contributed by atoms with van der Waals surface area (Å²) in [6.07, 6.45) is 4.56. The van der Waals surface area contributed by atoms with Gasteiger partial charge in [-0.25, -0.2) is 4.98 Å². The summed E-state index contributed by atoms with van der Waals surface area (Å²) in [5, 5.41) is 10.2. The third kappa shape index (κ3) is 2.78. The zero-order valence-electron chi connectivity index (χ0n) is 13.8. The largest absolute Gasteiger partial charge is 0.507 e. The van der Waals surface area contributed by atoms with Crippen molar-refractivity contribution in [3.8, 4) is 16.9 Å². The molecule has 24 heavy (non-hydrogen) atoms. The van der Waals surface area contributed by atoms with E-state index in [1.54, 1.807) is 6.07 Å². The molecule has 1 aliphatic heterocycles. The van der Waals surface area contributed by atoms with Crippen LogP contribution in [0, 0.1) is 5.41 Å². The van der Waals surface area contributed by atoms with Crippen LogP contribution in [0.1, 0.15) is 25.3 Å². The summed E-state index contributed by atoms with van der Waals surface area (Å²) >= 11 is 0. The van der Waals surface area contributed by atoms with Crippen LogP contribution in [-0.2, 0) is 11.2 Å². The van der Waals surface area contributed by atoms with E-state index in [9.17, 15) is 5.11 Å². The van der Waals surface area contributed by atoms with Gasteiger partial charge in [0.05, 0.1) is 0 Å². The van der Waals surface area contributed by atoms with Gasteiger partial charge in [0, 0.05) is 24.3 Å². The maximum Gasteiger partial charge on any atom is 0.182 e. The molecule has 1 N–H and O–H groups in total. The lowest BCUT2D eigenvalue weighted by atomic mass is 9.77. The van der Waals surface area contributed by atoms with Crippen molar-refractivity contribution in [1.29, 1.82) is 0 Å². The maximum absolute atomic E-state index is 10.2. The summed E-state index contributed by atoms with van der Waals surface area (Å²) in [5.74, 6) is 0.260. The third-order valence-electron chi connectivity index (χ3n) is 5.02. The predicted octanol–water partition coefficient (Wildman–Crippen LogP) is 4.56. The van der Waals surface area contributed by atoms with Crippen molar-refractivity contribution < 1.29 is 14.3 Å². The predicted molar refractivity (Wildman–Crippen MR) is 93.0 cm³/mol. The van der Waals surface area contributed by atoms with Crippen LogP contribution in [0.4, 0.5) is 0 Å². The number of aromatic nitrogens is 1. The normalized spacial score (nSPS) is 17.2. The second kappa shape index (κ2) is 5.95. The number of oxazole rings is 1. The molecule has 4 nitrogen and oxygen atoms in total. The van der Waals surface area contributed by atoms with E-state index >= 15 is 0 Å². The van der Waals surface area contributed by atoms with Crippen LogP contribution in [0.5, 0.6) is 5.75 Å². The molecular formula is C20H21NO3. The summed E-state index contributed by atoms with van der Waals surface area (Å²) < 4.78 is 11.1. The van der Waals surface area contributed by atoms with Gasteiger partial charge < -0.3 is 14.3 Å². The second-order valence-corrected chi connectivity index (χ2v) is 6.96. The van der Waals surface area contributed by atoms with Crippen LogP contribution in [0.3, 0.4) is 0 Å². The number of benzene rings is 2. The van der Waals surface area contributed by atoms with E-state index in [1.807, 2.05) is 18.2 Å². The number of para-hydroxylation sites is 1. The molecular weight excluding hydrogens is 302 g/mol. The highest BCUT2D eigenvalue weighted by Gasteiger charge is 2.28. The fourth-order valence-electron chi connectivity index (χ4n) is 3.57. The van der Waals surface area contributed by atoms with Gasteiger partial charge in [0.2, 0.25) is 0 Å². The Morgan fingerprint density at radius 3 is 2.71 bits per heavy atom. The molecule has 4 rings (SSSR count). The Hall–Kier alpha value is -2.33. The van der Waals surface area contributed by atoms with Crippen molar-refractivity contribution in [2.24, 2.45) is 5.41 Å². The first kappa shape index (κ1) is 15.2. The molecule has 1 saturated heterocycles. The average molecular weight is 323 g/mol. The van der Waals surface area contributed by atoms with E-state index in [4.69, 9.17) is 9.15 Å². The number of fused-ring (bicyclic) bond motifs is 1. The molecule has 1 aliphatic rings. The molecule has 0 amide bonds. The molecule has 0 aliphatic carbocycles. The minimum Gasteiger partial charge on any atom is -0.507 e. The summed E-state index contributed by atoms with van der Waals surface area (Å²) in [6, 6.07) is 11.6. The Morgan fingerprint density at radius 2 is 1.92 bits per heavy atom. The highest BCUT2D eigenvalue weighted by atomic mass is 16.5. The van der Waals surface area contributed by atoms with Crippen LogP contribution >= 0.6 is 0 Å². The zero-order valence-corrected chi connectivity index (χ0v) is 13.8. The van der Waals surface area contributed by atoms with Gasteiger partial charge in [-0.2, -0.15) is 0 Å². The first-order chi connectivity index (χ1) is 11.6. The number of phenolic OH excluding ortho intramolecular Hbond substituents is 1. The van der Waals surface area contributed by atoms with Gasteiger partial charge in [-0.15, -0.1) is 0 Å². The molecule has 0 radical (unpaired) electrons. The van der Waals surface area contributed by atoms with Gasteiger partial charge in [0.25, 0.3) is 0 Å². The average Bonchev–Trinajstić information content (AvgIpc) is 3.03. The Morgan fingerprint density at radius 1 is 1.12 bits per heavy atom. The van der Waals surface area contributed by atoms with Crippen LogP contribution in [0.25, 0.3) is 22.2 Å². The molecule has 0 atom stereocenters. The Kier molecular flexibility index (Phi) is 3.77. The molecule has 0 spiro atoms. The number of phenols is 1. The van der Waals surface area contributed by atoms with Gasteiger partial charge in [-0.1, -0.05) is 25.1 Å². The number of rotatable bonds is 3. The highest BCUT2D eigenvalue weighted by molar-refractivity contribution is 5.93. The van der Waals surface area contributed by atoms with Crippen molar-refractivity contribution in [1.82, 2.24) is 4.98 Å². The molecule has 0 unspecified atom stereocenters. The Bertz CT molecular complexity index is 862. The summed E-state index contributed by atoms with van der Waals surface area (Å²) in [5.41, 5.74) is 4.71. The number of hydrogen-bond acceptors (Lipinski definition) is 4. The lowest BCUT2D eigenvalue weighted by Crippen LogP contribution is -2.28. The second-order valence-electron chi connectivity index (χ2n) is 6.96. The molecule has 1 aromatic heterocycles. The first-order valence-corrected chi connectivity index (χ1v) is 8.37. The first-order valence-electron chi connectivity index (χ1n) is 8.37. The Balaban J connectivity index is 1.79. The minimum atomic E-state index is 0.238. The fourth-order valence-corrected chi connectivity index (χ4v) is 3.57. The van der Waals surface area contributed by atoms with E-state index in [1.165, 1.54) is 12.0 Å². The molecule has 4 heteroatoms. The SMILES string of the molecule is CC1(Cc2cc(-c3ccccc3O)c3ncoc3c2)CCOCC1. The standard InChI is InChI=1S/C20H21NO3/c1-20(6-8-23-9-7-20)12-14-10-16(15-4-2-3-5-17(15)22)19-18(11-14)24-13-21-19/h2-5,10-11,13,22H,6-9,12H2,1H3. The van der Waals surface area contributed by atoms with E-state index in [0.717, 1.165) is 54.7 Å². The maximum atomic E-state index is 10.2. The van der Waals surface area contributed by atoms with Gasteiger partial charge >= 0.3 is 0 Å². The molecule has 1 fully saturated rings. The lowest BCUT2D eigenvalue weighted by Gasteiger charge is -2.33. The minimum absolute atomic E-state index is 0.238. The van der Waals surface area contributed by atoms with Gasteiger partial charge in [0.1, 0.15) is 11.3 Å². The van der Waals surface area contributed by atoms with Gasteiger partial charge in [-0.05, 0) is 48.4 Å². The third-order valence-corrected chi connectivity index (χ3v) is 5.02. The summed E-state index contributed by atoms with van der Waals surface area (Å²) in [6.45, 7) is 3.97. The fraction of sp³-hybridized carbons (Fsp3) is 0.350. The number of ether oxygens (including phenoxy) is 1. The van der Waals surface area contributed by atoms with E-state index in [2.05, 4.69) is 24.0 Å². The topological polar surface area (TPSA) is 55.5 Å². The summed E-state index contributed by atoms with van der Waals surface area (Å²) in [7, 11) is 0. The van der Waals surface area contributed by atoms with Gasteiger partial charge in [0.15, 0.2) is 12.0 Å². The van der Waals surface area contributed by atoms with Crippen molar-refractivity contribution in [2.75, 3.05) is 13.2 Å². The van der Waals surface area contributed by atoms with E-state index in [-0.39, 0.29) is 11.2 Å². The monoisotopic (exact) mass is 323 g/mol. The van der Waals surface area contributed by atoms with Crippen molar-refractivity contribution >= 4 is 11.1 Å². The molecule has 0 bridgehead atoms. The number of aromatic hydroxyl groups is 1. The van der Waals surface area contributed by atoms with Crippen LogP contribution in [0.2, 0.25) is 0 Å². The lowest BCUT2D eigenvalue weighted by molar-refractivity contribution is 0.0241. The van der Waals surface area contributed by atoms with Crippen molar-refractivity contribution in [3.63, 3.8) is 0 Å². The molecule has 3 aromatic rings. The molecule has 124 valence electrons. The van der Waals surface area contributed by atoms with Crippen LogP contribution in [-0.4, -0.2) is 23.3 Å². The Labute approximate surface area is 141 Å². The van der Waals surface area contributed by atoms with Crippen LogP contribution in [0.15, 0.2) is 47.2 Å². The number of nitrogens with zero attached hydrogens (tertiary/aromatic N) is 1. The molecule has 0 saturated carbocycles. The molecule has 2 heterocycles. The van der Waals surface area contributed by atoms with Crippen LogP contribution < -0.4 is 0 Å². The quantitative estimate of drug-likeness (QED) is 0.767.